The number of methoxy groups -OCH3 is 2. The lowest BCUT2D eigenvalue weighted by molar-refractivity contribution is -0.112. The van der Waals surface area contributed by atoms with E-state index in [4.69, 9.17) is 18.9 Å². The number of amides is 1. The zero-order chi connectivity index (χ0) is 22.8. The normalized spacial score (nSPS) is 10.6. The summed E-state index contributed by atoms with van der Waals surface area (Å²) in [5.74, 6) is 0.225. The van der Waals surface area contributed by atoms with Crippen molar-refractivity contribution in [3.05, 3.63) is 53.1 Å². The lowest BCUT2D eigenvalue weighted by Crippen LogP contribution is -2.13. The van der Waals surface area contributed by atoms with E-state index in [0.717, 1.165) is 0 Å². The van der Waals surface area contributed by atoms with Gasteiger partial charge in [-0.25, -0.2) is 4.79 Å². The summed E-state index contributed by atoms with van der Waals surface area (Å²) in [7, 11) is 2.98. The lowest BCUT2D eigenvalue weighted by atomic mass is 10.1. The average Bonchev–Trinajstić information content (AvgIpc) is 2.78. The maximum absolute atomic E-state index is 12.6. The van der Waals surface area contributed by atoms with Crippen molar-refractivity contribution in [3.63, 3.8) is 0 Å². The number of carbonyl (C=O) groups is 2. The maximum atomic E-state index is 12.6. The molecule has 0 aliphatic rings. The molecule has 0 aliphatic carbocycles. The second-order valence-corrected chi connectivity index (χ2v) is 6.11. The van der Waals surface area contributed by atoms with Crippen LogP contribution in [0.3, 0.4) is 0 Å². The fourth-order valence-electron chi connectivity index (χ4n) is 2.69. The molecule has 1 amide bonds. The van der Waals surface area contributed by atoms with Gasteiger partial charge in [-0.1, -0.05) is 0 Å². The number of anilines is 1. The number of esters is 1. The molecule has 0 saturated carbocycles. The van der Waals surface area contributed by atoms with Crippen LogP contribution in [0.2, 0.25) is 0 Å². The molecule has 0 heterocycles. The minimum absolute atomic E-state index is 0.122. The minimum atomic E-state index is -0.599. The van der Waals surface area contributed by atoms with Crippen LogP contribution in [-0.2, 0) is 9.53 Å². The molecule has 162 valence electrons. The highest BCUT2D eigenvalue weighted by Gasteiger charge is 2.16. The molecule has 8 heteroatoms. The first-order chi connectivity index (χ1) is 15.0. The topological polar surface area (TPSA) is 107 Å². The van der Waals surface area contributed by atoms with E-state index in [0.29, 0.717) is 40.7 Å². The Kier molecular flexibility index (Phi) is 8.46. The molecule has 2 rings (SSSR count). The fourth-order valence-corrected chi connectivity index (χ4v) is 2.69. The van der Waals surface area contributed by atoms with Crippen LogP contribution in [0.5, 0.6) is 17.2 Å². The summed E-state index contributed by atoms with van der Waals surface area (Å²) >= 11 is 0. The van der Waals surface area contributed by atoms with Gasteiger partial charge in [0.25, 0.3) is 5.91 Å². The van der Waals surface area contributed by atoms with Crippen molar-refractivity contribution in [2.75, 3.05) is 32.8 Å². The number of carbonyl (C=O) groups excluding carboxylic acids is 2. The highest BCUT2D eigenvalue weighted by atomic mass is 16.5. The number of hydrogen-bond donors (Lipinski definition) is 1. The molecule has 0 fully saturated rings. The number of hydrogen-bond acceptors (Lipinski definition) is 7. The first-order valence-corrected chi connectivity index (χ1v) is 9.56. The first kappa shape index (κ1) is 23.3. The molecule has 2 aromatic carbocycles. The summed E-state index contributed by atoms with van der Waals surface area (Å²) in [5.41, 5.74) is 1.20. The predicted molar refractivity (Wildman–Crippen MR) is 115 cm³/mol. The van der Waals surface area contributed by atoms with Gasteiger partial charge in [0, 0.05) is 5.69 Å². The third kappa shape index (κ3) is 6.00. The lowest BCUT2D eigenvalue weighted by Gasteiger charge is -2.14. The predicted octanol–water partition coefficient (Wildman–Crippen LogP) is 3.82. The number of benzene rings is 2. The maximum Gasteiger partial charge on any atom is 0.338 e. The summed E-state index contributed by atoms with van der Waals surface area (Å²) in [4.78, 5) is 24.3. The van der Waals surface area contributed by atoms with Gasteiger partial charge in [-0.2, -0.15) is 5.26 Å². The van der Waals surface area contributed by atoms with Crippen LogP contribution in [0.15, 0.2) is 42.0 Å². The third-order valence-corrected chi connectivity index (χ3v) is 4.10. The smallest absolute Gasteiger partial charge is 0.338 e. The Bertz CT molecular complexity index is 981. The van der Waals surface area contributed by atoms with Crippen LogP contribution in [0.4, 0.5) is 5.69 Å². The first-order valence-electron chi connectivity index (χ1n) is 9.56. The van der Waals surface area contributed by atoms with E-state index in [2.05, 4.69) is 5.32 Å². The van der Waals surface area contributed by atoms with Crippen molar-refractivity contribution in [2.24, 2.45) is 0 Å². The SMILES string of the molecule is CCOC(=O)c1ccc(NC(=O)/C(C#N)=C\c2cc(OC)c(OCC)c(OC)c2)cc1. The minimum Gasteiger partial charge on any atom is -0.493 e. The van der Waals surface area contributed by atoms with Crippen LogP contribution >= 0.6 is 0 Å². The van der Waals surface area contributed by atoms with Crippen LogP contribution in [-0.4, -0.2) is 39.3 Å². The Hall–Kier alpha value is -3.99. The Balaban J connectivity index is 2.26. The molecule has 2 aromatic rings. The molecule has 0 aromatic heterocycles. The number of nitriles is 1. The Morgan fingerprint density at radius 2 is 1.65 bits per heavy atom. The summed E-state index contributed by atoms with van der Waals surface area (Å²) in [6.45, 7) is 4.25. The highest BCUT2D eigenvalue weighted by Crippen LogP contribution is 2.39. The van der Waals surface area contributed by atoms with E-state index in [-0.39, 0.29) is 12.2 Å². The van der Waals surface area contributed by atoms with E-state index in [1.54, 1.807) is 31.2 Å². The number of nitrogens with zero attached hydrogens (tertiary/aromatic N) is 1. The Labute approximate surface area is 181 Å². The van der Waals surface area contributed by atoms with Gasteiger partial charge in [0.05, 0.1) is 33.0 Å². The molecule has 1 N–H and O–H groups in total. The van der Waals surface area contributed by atoms with E-state index < -0.39 is 11.9 Å². The van der Waals surface area contributed by atoms with Gasteiger partial charge in [-0.3, -0.25) is 4.79 Å². The molecule has 0 unspecified atom stereocenters. The average molecular weight is 424 g/mol. The number of nitrogens with one attached hydrogen (secondary N) is 1. The summed E-state index contributed by atoms with van der Waals surface area (Å²) < 4.78 is 21.2. The van der Waals surface area contributed by atoms with Gasteiger partial charge in [0.15, 0.2) is 11.5 Å². The molecule has 0 atom stereocenters. The van der Waals surface area contributed by atoms with E-state index in [9.17, 15) is 14.9 Å². The van der Waals surface area contributed by atoms with Crippen molar-refractivity contribution in [1.82, 2.24) is 0 Å². The van der Waals surface area contributed by atoms with Crippen molar-refractivity contribution in [1.29, 1.82) is 5.26 Å². The van der Waals surface area contributed by atoms with Crippen LogP contribution in [0.1, 0.15) is 29.8 Å². The molecular weight excluding hydrogens is 400 g/mol. The summed E-state index contributed by atoms with van der Waals surface area (Å²) in [5, 5.41) is 12.1. The number of ether oxygens (including phenoxy) is 4. The monoisotopic (exact) mass is 424 g/mol. The Morgan fingerprint density at radius 3 is 2.13 bits per heavy atom. The third-order valence-electron chi connectivity index (χ3n) is 4.10. The van der Waals surface area contributed by atoms with Gasteiger partial charge in [0.1, 0.15) is 11.6 Å². The molecule has 0 radical (unpaired) electrons. The second kappa shape index (κ2) is 11.3. The zero-order valence-electron chi connectivity index (χ0n) is 17.9. The fraction of sp³-hybridized carbons (Fsp3) is 0.261. The summed E-state index contributed by atoms with van der Waals surface area (Å²) in [6, 6.07) is 11.4. The van der Waals surface area contributed by atoms with Crippen molar-refractivity contribution in [2.45, 2.75) is 13.8 Å². The second-order valence-electron chi connectivity index (χ2n) is 6.11. The summed E-state index contributed by atoms with van der Waals surface area (Å²) in [6.07, 6.45) is 1.42. The van der Waals surface area contributed by atoms with E-state index in [1.807, 2.05) is 13.0 Å². The van der Waals surface area contributed by atoms with Gasteiger partial charge < -0.3 is 24.3 Å². The van der Waals surface area contributed by atoms with E-state index >= 15 is 0 Å². The van der Waals surface area contributed by atoms with Crippen molar-refractivity contribution < 1.29 is 28.5 Å². The highest BCUT2D eigenvalue weighted by molar-refractivity contribution is 6.09. The van der Waals surface area contributed by atoms with Gasteiger partial charge >= 0.3 is 5.97 Å². The van der Waals surface area contributed by atoms with Crippen molar-refractivity contribution in [3.8, 4) is 23.3 Å². The van der Waals surface area contributed by atoms with E-state index in [1.165, 1.54) is 32.4 Å². The zero-order valence-corrected chi connectivity index (χ0v) is 17.9. The number of rotatable bonds is 9. The largest absolute Gasteiger partial charge is 0.493 e. The van der Waals surface area contributed by atoms with Crippen LogP contribution in [0, 0.1) is 11.3 Å². The van der Waals surface area contributed by atoms with Crippen molar-refractivity contribution >= 4 is 23.6 Å². The molecule has 8 nitrogen and oxygen atoms in total. The molecular formula is C23H24N2O6. The molecule has 0 bridgehead atoms. The van der Waals surface area contributed by atoms with Gasteiger partial charge in [-0.15, -0.1) is 0 Å². The standard InChI is InChI=1S/C23H24N2O6/c1-5-30-21-19(28-3)12-15(13-20(21)29-4)11-17(14-24)22(26)25-18-9-7-16(8-10-18)23(27)31-6-2/h7-13H,5-6H2,1-4H3,(H,25,26)/b17-11-. The van der Waals surface area contributed by atoms with Gasteiger partial charge in [-0.05, 0) is 61.9 Å². The quantitative estimate of drug-likeness (QED) is 0.370. The van der Waals surface area contributed by atoms with Crippen LogP contribution in [0.25, 0.3) is 6.08 Å². The molecule has 0 aliphatic heterocycles. The molecule has 31 heavy (non-hydrogen) atoms. The molecule has 0 spiro atoms. The molecule has 0 saturated heterocycles. The van der Waals surface area contributed by atoms with Gasteiger partial charge in [0.2, 0.25) is 5.75 Å². The van der Waals surface area contributed by atoms with Crippen LogP contribution < -0.4 is 19.5 Å². The Morgan fingerprint density at radius 1 is 1.03 bits per heavy atom.